The van der Waals surface area contributed by atoms with Gasteiger partial charge >= 0.3 is 0 Å². The molecule has 60 heavy (non-hydrogen) atoms. The van der Waals surface area contributed by atoms with Crippen LogP contribution in [0.4, 0.5) is 0 Å². The van der Waals surface area contributed by atoms with Crippen molar-refractivity contribution in [2.75, 3.05) is 0 Å². The molecule has 0 atom stereocenters. The molecule has 5 heterocycles. The molecule has 8 heteroatoms. The minimum absolute atomic E-state index is 0.491. The van der Waals surface area contributed by atoms with Crippen LogP contribution in [0.15, 0.2) is 191 Å². The minimum atomic E-state index is 0.491. The Kier molecular flexibility index (Phi) is 7.67. The highest BCUT2D eigenvalue weighted by atomic mass is 16.4. The predicted octanol–water partition coefficient (Wildman–Crippen LogP) is 13.0. The molecule has 0 fully saturated rings. The fourth-order valence-corrected chi connectivity index (χ4v) is 8.26. The lowest BCUT2D eigenvalue weighted by molar-refractivity contribution is 0.620. The van der Waals surface area contributed by atoms with Crippen molar-refractivity contribution in [2.24, 2.45) is 0 Å². The van der Waals surface area contributed by atoms with Crippen molar-refractivity contribution in [3.8, 4) is 67.9 Å². The highest BCUT2D eigenvalue weighted by Crippen LogP contribution is 2.43. The predicted molar refractivity (Wildman–Crippen MR) is 238 cm³/mol. The van der Waals surface area contributed by atoms with E-state index in [9.17, 15) is 0 Å². The summed E-state index contributed by atoms with van der Waals surface area (Å²) >= 11 is 0. The maximum atomic E-state index is 6.51. The van der Waals surface area contributed by atoms with Gasteiger partial charge in [-0.25, -0.2) is 19.9 Å². The molecule has 0 aliphatic heterocycles. The monoisotopic (exact) mass is 770 g/mol. The van der Waals surface area contributed by atoms with Gasteiger partial charge in [0.1, 0.15) is 22.2 Å². The Morgan fingerprint density at radius 2 is 0.983 bits per heavy atom. The van der Waals surface area contributed by atoms with Crippen molar-refractivity contribution < 1.29 is 8.83 Å². The van der Waals surface area contributed by atoms with Gasteiger partial charge in [0.2, 0.25) is 5.89 Å². The van der Waals surface area contributed by atoms with Gasteiger partial charge < -0.3 is 8.83 Å². The van der Waals surface area contributed by atoms with Crippen LogP contribution in [0.5, 0.6) is 0 Å². The second-order valence-electron chi connectivity index (χ2n) is 14.7. The molecule has 0 saturated heterocycles. The minimum Gasteiger partial charge on any atom is -0.456 e. The number of benzene rings is 7. The molecule has 0 aliphatic carbocycles. The first-order chi connectivity index (χ1) is 29.7. The fraction of sp³-hybridized carbons (Fsp3) is 0. The number of oxazole rings is 1. The number of hydrogen-bond donors (Lipinski definition) is 0. The van der Waals surface area contributed by atoms with Crippen molar-refractivity contribution >= 4 is 54.8 Å². The van der Waals surface area contributed by atoms with Crippen LogP contribution < -0.4 is 0 Å². The van der Waals surface area contributed by atoms with E-state index in [1.807, 2.05) is 97.1 Å². The summed E-state index contributed by atoms with van der Waals surface area (Å²) in [6, 6.07) is 57.5. The molecule has 0 radical (unpaired) electrons. The third kappa shape index (κ3) is 5.61. The van der Waals surface area contributed by atoms with Crippen molar-refractivity contribution in [2.45, 2.75) is 0 Å². The molecule has 0 aliphatic rings. The summed E-state index contributed by atoms with van der Waals surface area (Å²) in [6.45, 7) is 0. The zero-order chi connectivity index (χ0) is 39.6. The van der Waals surface area contributed by atoms with Crippen LogP contribution in [0.25, 0.3) is 123 Å². The largest absolute Gasteiger partial charge is 0.456 e. The molecule has 12 rings (SSSR count). The quantitative estimate of drug-likeness (QED) is 0.165. The number of furan rings is 1. The van der Waals surface area contributed by atoms with E-state index < -0.39 is 0 Å². The lowest BCUT2D eigenvalue weighted by Crippen LogP contribution is -2.00. The van der Waals surface area contributed by atoms with Crippen molar-refractivity contribution in [1.82, 2.24) is 29.9 Å². The van der Waals surface area contributed by atoms with E-state index in [0.717, 1.165) is 88.3 Å². The lowest BCUT2D eigenvalue weighted by atomic mass is 9.90. The number of nitrogens with zero attached hydrogens (tertiary/aromatic N) is 6. The van der Waals surface area contributed by atoms with Gasteiger partial charge in [0, 0.05) is 45.9 Å². The molecule has 0 bridgehead atoms. The van der Waals surface area contributed by atoms with Gasteiger partial charge in [-0.2, -0.15) is 0 Å². The average Bonchev–Trinajstić information content (AvgIpc) is 3.91. The Labute approximate surface area is 342 Å². The van der Waals surface area contributed by atoms with Gasteiger partial charge in [0.05, 0.1) is 11.1 Å². The number of pyridine rings is 2. The van der Waals surface area contributed by atoms with Crippen LogP contribution in [0.3, 0.4) is 0 Å². The second-order valence-corrected chi connectivity index (χ2v) is 14.7. The molecule has 0 N–H and O–H groups in total. The van der Waals surface area contributed by atoms with Gasteiger partial charge in [0.25, 0.3) is 0 Å². The smallest absolute Gasteiger partial charge is 0.229 e. The SMILES string of the molecule is c1ccc(-c2nc(-c3ccccc3)nc(-c3ccc(-c4ccc(-c5cccc6oc7cc8nc(-c9ccnc%10cccnc9%10)oc8cc7c56)c5ccccc45)cc3)n2)cc1. The van der Waals surface area contributed by atoms with Crippen molar-refractivity contribution in [1.29, 1.82) is 0 Å². The van der Waals surface area contributed by atoms with E-state index in [4.69, 9.17) is 28.8 Å². The van der Waals surface area contributed by atoms with Crippen LogP contribution in [0, 0.1) is 0 Å². The summed E-state index contributed by atoms with van der Waals surface area (Å²) in [5.41, 5.74) is 12.4. The average molecular weight is 771 g/mol. The van der Waals surface area contributed by atoms with Gasteiger partial charge in [-0.3, -0.25) is 9.97 Å². The first-order valence-corrected chi connectivity index (χ1v) is 19.7. The summed E-state index contributed by atoms with van der Waals surface area (Å²) in [5, 5.41) is 4.26. The number of hydrogen-bond acceptors (Lipinski definition) is 8. The van der Waals surface area contributed by atoms with Crippen LogP contribution in [0.1, 0.15) is 0 Å². The molecule has 0 unspecified atom stereocenters. The first-order valence-electron chi connectivity index (χ1n) is 19.7. The Bertz CT molecular complexity index is 3540. The molecular formula is C52H30N6O2. The topological polar surface area (TPSA) is 104 Å². The fourth-order valence-electron chi connectivity index (χ4n) is 8.26. The van der Waals surface area contributed by atoms with Crippen molar-refractivity contribution in [3.63, 3.8) is 0 Å². The second kappa shape index (κ2) is 13.6. The third-order valence-electron chi connectivity index (χ3n) is 11.1. The number of rotatable bonds is 6. The van der Waals surface area contributed by atoms with Gasteiger partial charge in [-0.1, -0.05) is 133 Å². The van der Waals surface area contributed by atoms with Gasteiger partial charge in [-0.05, 0) is 63.4 Å². The van der Waals surface area contributed by atoms with E-state index in [-0.39, 0.29) is 0 Å². The van der Waals surface area contributed by atoms with E-state index in [1.165, 1.54) is 0 Å². The molecule has 12 aromatic rings. The molecule has 280 valence electrons. The third-order valence-corrected chi connectivity index (χ3v) is 11.1. The van der Waals surface area contributed by atoms with Crippen molar-refractivity contribution in [3.05, 3.63) is 182 Å². The first kappa shape index (κ1) is 33.7. The summed E-state index contributed by atoms with van der Waals surface area (Å²) in [6.07, 6.45) is 3.51. The molecule has 5 aromatic heterocycles. The summed E-state index contributed by atoms with van der Waals surface area (Å²) in [7, 11) is 0. The van der Waals surface area contributed by atoms with E-state index in [1.54, 1.807) is 12.4 Å². The molecule has 0 saturated carbocycles. The van der Waals surface area contributed by atoms with Crippen LogP contribution in [-0.4, -0.2) is 29.9 Å². The normalized spacial score (nSPS) is 11.7. The molecule has 8 nitrogen and oxygen atoms in total. The Morgan fingerprint density at radius 1 is 0.333 bits per heavy atom. The Balaban J connectivity index is 0.944. The van der Waals surface area contributed by atoms with Crippen LogP contribution >= 0.6 is 0 Å². The summed E-state index contributed by atoms with van der Waals surface area (Å²) in [4.78, 5) is 28.6. The van der Waals surface area contributed by atoms with Gasteiger partial charge in [-0.15, -0.1) is 0 Å². The molecular weight excluding hydrogens is 741 g/mol. The van der Waals surface area contributed by atoms with Crippen LogP contribution in [-0.2, 0) is 0 Å². The standard InChI is InChI=1S/C52H30N6O2/c1-3-11-32(12-4-1)49-56-50(33-13-5-2-6-14-33)58-51(57-49)34-22-20-31(21-23-34)35-24-25-38(37-16-8-7-15-36(35)37)39-17-9-19-44-47(39)41-29-46-43(30-45(41)59-44)55-52(60-46)40-26-28-53-42-18-10-27-54-48(40)42/h1-30H. The summed E-state index contributed by atoms with van der Waals surface area (Å²) < 4.78 is 12.9. The maximum Gasteiger partial charge on any atom is 0.229 e. The Hall–Kier alpha value is -8.36. The number of fused-ring (bicyclic) bond motifs is 6. The highest BCUT2D eigenvalue weighted by molar-refractivity contribution is 6.18. The van der Waals surface area contributed by atoms with E-state index >= 15 is 0 Å². The van der Waals surface area contributed by atoms with Crippen LogP contribution in [0.2, 0.25) is 0 Å². The summed E-state index contributed by atoms with van der Waals surface area (Å²) in [5.74, 6) is 2.38. The zero-order valence-electron chi connectivity index (χ0n) is 31.8. The van der Waals surface area contributed by atoms with Gasteiger partial charge in [0.15, 0.2) is 23.1 Å². The highest BCUT2D eigenvalue weighted by Gasteiger charge is 2.20. The zero-order valence-corrected chi connectivity index (χ0v) is 31.8. The number of aromatic nitrogens is 6. The molecule has 0 amide bonds. The molecule has 0 spiro atoms. The van der Waals surface area contributed by atoms with E-state index in [2.05, 4.69) is 82.8 Å². The Morgan fingerprint density at radius 3 is 1.72 bits per heavy atom. The van der Waals surface area contributed by atoms with E-state index in [0.29, 0.717) is 34.5 Å². The molecule has 7 aromatic carbocycles. The lowest BCUT2D eigenvalue weighted by Gasteiger charge is -2.13. The maximum absolute atomic E-state index is 6.51.